The Morgan fingerprint density at radius 3 is 2.93 bits per heavy atom. The van der Waals surface area contributed by atoms with Gasteiger partial charge in [0, 0.05) is 12.0 Å². The number of carbonyl (C=O) groups excluding carboxylic acids is 1. The lowest BCUT2D eigenvalue weighted by Crippen LogP contribution is -2.00. The molecule has 2 nitrogen and oxygen atoms in total. The fourth-order valence-corrected chi connectivity index (χ4v) is 1.64. The minimum atomic E-state index is -0.0521. The molecule has 68 valence electrons. The summed E-state index contributed by atoms with van der Waals surface area (Å²) in [4.78, 5) is 11.4. The standard InChI is InChI=1S/C12H9NO/c13-6-5-12(14)11-7-9-3-1-2-4-10(9)8-11/h1-4,7H,5,8H2. The number of rotatable bonds is 2. The molecule has 0 unspecified atom stereocenters. The van der Waals surface area contributed by atoms with E-state index in [9.17, 15) is 4.79 Å². The average molecular weight is 183 g/mol. The summed E-state index contributed by atoms with van der Waals surface area (Å²) in [6, 6.07) is 9.80. The Morgan fingerprint density at radius 2 is 2.21 bits per heavy atom. The molecule has 1 aliphatic rings. The van der Waals surface area contributed by atoms with Crippen LogP contribution in [0.1, 0.15) is 17.5 Å². The molecule has 1 aliphatic carbocycles. The van der Waals surface area contributed by atoms with Gasteiger partial charge in [0.15, 0.2) is 5.78 Å². The zero-order valence-electron chi connectivity index (χ0n) is 7.66. The monoisotopic (exact) mass is 183 g/mol. The summed E-state index contributed by atoms with van der Waals surface area (Å²) in [7, 11) is 0. The van der Waals surface area contributed by atoms with Crippen LogP contribution in [0.5, 0.6) is 0 Å². The third-order valence-electron chi connectivity index (χ3n) is 2.36. The zero-order chi connectivity index (χ0) is 9.97. The fourth-order valence-electron chi connectivity index (χ4n) is 1.64. The fraction of sp³-hybridized carbons (Fsp3) is 0.167. The second kappa shape index (κ2) is 3.47. The first-order valence-corrected chi connectivity index (χ1v) is 4.50. The molecule has 0 radical (unpaired) electrons. The lowest BCUT2D eigenvalue weighted by Gasteiger charge is -1.96. The molecule has 0 aliphatic heterocycles. The summed E-state index contributed by atoms with van der Waals surface area (Å²) < 4.78 is 0. The molecule has 0 fully saturated rings. The first-order chi connectivity index (χ1) is 6.81. The van der Waals surface area contributed by atoms with E-state index in [1.54, 1.807) is 0 Å². The Kier molecular flexibility index (Phi) is 2.16. The summed E-state index contributed by atoms with van der Waals surface area (Å²) in [5.74, 6) is -0.0521. The normalized spacial score (nSPS) is 12.9. The van der Waals surface area contributed by atoms with E-state index in [0.29, 0.717) is 6.42 Å². The Balaban J connectivity index is 2.24. The van der Waals surface area contributed by atoms with Gasteiger partial charge in [-0.05, 0) is 17.2 Å². The number of hydrogen-bond acceptors (Lipinski definition) is 2. The maximum absolute atomic E-state index is 11.4. The van der Waals surface area contributed by atoms with E-state index >= 15 is 0 Å². The van der Waals surface area contributed by atoms with Gasteiger partial charge in [0.05, 0.1) is 12.5 Å². The van der Waals surface area contributed by atoms with Crippen LogP contribution in [-0.2, 0) is 11.2 Å². The molecule has 0 aromatic heterocycles. The first-order valence-electron chi connectivity index (χ1n) is 4.50. The molecule has 2 rings (SSSR count). The van der Waals surface area contributed by atoms with Gasteiger partial charge < -0.3 is 0 Å². The summed E-state index contributed by atoms with van der Waals surface area (Å²) in [6.07, 6.45) is 2.55. The van der Waals surface area contributed by atoms with Crippen LogP contribution in [0.2, 0.25) is 0 Å². The van der Waals surface area contributed by atoms with Gasteiger partial charge in [0.25, 0.3) is 0 Å². The Morgan fingerprint density at radius 1 is 1.43 bits per heavy atom. The molecular formula is C12H9NO. The molecule has 0 spiro atoms. The minimum Gasteiger partial charge on any atom is -0.293 e. The largest absolute Gasteiger partial charge is 0.293 e. The van der Waals surface area contributed by atoms with Crippen molar-refractivity contribution in [2.45, 2.75) is 12.8 Å². The number of carbonyl (C=O) groups is 1. The number of ketones is 1. The van der Waals surface area contributed by atoms with E-state index in [1.165, 1.54) is 5.56 Å². The molecule has 1 aromatic rings. The lowest BCUT2D eigenvalue weighted by molar-refractivity contribution is -0.114. The van der Waals surface area contributed by atoms with Crippen molar-refractivity contribution in [3.63, 3.8) is 0 Å². The maximum Gasteiger partial charge on any atom is 0.173 e. The van der Waals surface area contributed by atoms with Crippen molar-refractivity contribution in [2.75, 3.05) is 0 Å². The van der Waals surface area contributed by atoms with Crippen LogP contribution < -0.4 is 0 Å². The average Bonchev–Trinajstić information content (AvgIpc) is 2.61. The van der Waals surface area contributed by atoms with Crippen LogP contribution in [0.25, 0.3) is 6.08 Å². The highest BCUT2D eigenvalue weighted by atomic mass is 16.1. The minimum absolute atomic E-state index is 0.0141. The third-order valence-corrected chi connectivity index (χ3v) is 2.36. The van der Waals surface area contributed by atoms with Crippen LogP contribution in [0, 0.1) is 11.3 Å². The van der Waals surface area contributed by atoms with Crippen molar-refractivity contribution in [1.29, 1.82) is 5.26 Å². The molecule has 0 saturated carbocycles. The lowest BCUT2D eigenvalue weighted by atomic mass is 10.1. The van der Waals surface area contributed by atoms with Gasteiger partial charge in [-0.25, -0.2) is 0 Å². The number of hydrogen-bond donors (Lipinski definition) is 0. The van der Waals surface area contributed by atoms with Gasteiger partial charge in [-0.15, -0.1) is 0 Å². The van der Waals surface area contributed by atoms with Crippen molar-refractivity contribution in [2.24, 2.45) is 0 Å². The number of allylic oxidation sites excluding steroid dienone is 1. The highest BCUT2D eigenvalue weighted by molar-refractivity contribution is 6.02. The summed E-state index contributed by atoms with van der Waals surface area (Å²) in [5.41, 5.74) is 3.04. The van der Waals surface area contributed by atoms with E-state index in [-0.39, 0.29) is 12.2 Å². The predicted octanol–water partition coefficient (Wildman–Crippen LogP) is 2.11. The van der Waals surface area contributed by atoms with Crippen molar-refractivity contribution < 1.29 is 4.79 Å². The van der Waals surface area contributed by atoms with Crippen LogP contribution in [0.4, 0.5) is 0 Å². The second-order valence-corrected chi connectivity index (χ2v) is 3.30. The molecule has 2 heteroatoms. The molecule has 0 atom stereocenters. The SMILES string of the molecule is N#CCC(=O)C1=Cc2ccccc2C1. The molecule has 14 heavy (non-hydrogen) atoms. The summed E-state index contributed by atoms with van der Waals surface area (Å²) >= 11 is 0. The molecule has 0 saturated heterocycles. The number of benzene rings is 1. The van der Waals surface area contributed by atoms with Gasteiger partial charge in [0.1, 0.15) is 0 Å². The zero-order valence-corrected chi connectivity index (χ0v) is 7.66. The summed E-state index contributed by atoms with van der Waals surface area (Å²) in [5, 5.41) is 8.42. The Bertz CT molecular complexity index is 452. The second-order valence-electron chi connectivity index (χ2n) is 3.30. The van der Waals surface area contributed by atoms with Crippen molar-refractivity contribution in [3.8, 4) is 6.07 Å². The molecule has 0 bridgehead atoms. The van der Waals surface area contributed by atoms with Crippen molar-refractivity contribution >= 4 is 11.9 Å². The van der Waals surface area contributed by atoms with Crippen LogP contribution in [0.15, 0.2) is 29.8 Å². The van der Waals surface area contributed by atoms with Crippen molar-refractivity contribution in [1.82, 2.24) is 0 Å². The van der Waals surface area contributed by atoms with E-state index in [2.05, 4.69) is 0 Å². The molecule has 0 amide bonds. The van der Waals surface area contributed by atoms with Gasteiger partial charge >= 0.3 is 0 Å². The molecule has 1 aromatic carbocycles. The smallest absolute Gasteiger partial charge is 0.173 e. The van der Waals surface area contributed by atoms with Crippen LogP contribution in [0.3, 0.4) is 0 Å². The third kappa shape index (κ3) is 1.45. The van der Waals surface area contributed by atoms with Crippen molar-refractivity contribution in [3.05, 3.63) is 41.0 Å². The highest BCUT2D eigenvalue weighted by Gasteiger charge is 2.17. The van der Waals surface area contributed by atoms with Gasteiger partial charge in [-0.2, -0.15) is 5.26 Å². The molecule has 0 heterocycles. The number of nitriles is 1. The number of nitrogens with zero attached hydrogens (tertiary/aromatic N) is 1. The van der Waals surface area contributed by atoms with E-state index in [0.717, 1.165) is 11.1 Å². The van der Waals surface area contributed by atoms with Crippen LogP contribution >= 0.6 is 0 Å². The highest BCUT2D eigenvalue weighted by Crippen LogP contribution is 2.25. The Labute approximate surface area is 82.5 Å². The maximum atomic E-state index is 11.4. The number of Topliss-reactive ketones (excluding diaryl/α,β-unsaturated/α-hetero) is 1. The quantitative estimate of drug-likeness (QED) is 0.704. The molecular weight excluding hydrogens is 174 g/mol. The first kappa shape index (κ1) is 8.71. The van der Waals surface area contributed by atoms with E-state index in [1.807, 2.05) is 36.4 Å². The van der Waals surface area contributed by atoms with Gasteiger partial charge in [-0.1, -0.05) is 24.3 Å². The summed E-state index contributed by atoms with van der Waals surface area (Å²) in [6.45, 7) is 0. The van der Waals surface area contributed by atoms with Crippen LogP contribution in [-0.4, -0.2) is 5.78 Å². The Hall–Kier alpha value is -1.88. The van der Waals surface area contributed by atoms with E-state index < -0.39 is 0 Å². The topological polar surface area (TPSA) is 40.9 Å². The molecule has 0 N–H and O–H groups in total. The van der Waals surface area contributed by atoms with Gasteiger partial charge in [0.2, 0.25) is 0 Å². The van der Waals surface area contributed by atoms with E-state index in [4.69, 9.17) is 5.26 Å². The van der Waals surface area contributed by atoms with Gasteiger partial charge in [-0.3, -0.25) is 4.79 Å². The predicted molar refractivity (Wildman–Crippen MR) is 53.4 cm³/mol. The number of fused-ring (bicyclic) bond motifs is 1.